The summed E-state index contributed by atoms with van der Waals surface area (Å²) < 4.78 is 10.7. The second-order valence-electron chi connectivity index (χ2n) is 5.90. The van der Waals surface area contributed by atoms with Gasteiger partial charge in [-0.1, -0.05) is 19.8 Å². The minimum atomic E-state index is -0.485. The minimum Gasteiger partial charge on any atom is -0.466 e. The van der Waals surface area contributed by atoms with Gasteiger partial charge >= 0.3 is 5.97 Å². The largest absolute Gasteiger partial charge is 0.466 e. The predicted octanol–water partition coefficient (Wildman–Crippen LogP) is 1.88. The predicted molar refractivity (Wildman–Crippen MR) is 82.1 cm³/mol. The van der Waals surface area contributed by atoms with Gasteiger partial charge in [-0.3, -0.25) is 4.79 Å². The van der Waals surface area contributed by atoms with Crippen molar-refractivity contribution in [3.05, 3.63) is 0 Å². The number of carbonyl (C=O) groups excluding carboxylic acids is 1. The highest BCUT2D eigenvalue weighted by atomic mass is 16.5. The zero-order valence-corrected chi connectivity index (χ0v) is 13.5. The third kappa shape index (κ3) is 8.39. The molecule has 0 saturated heterocycles. The van der Waals surface area contributed by atoms with Crippen LogP contribution in [-0.2, 0) is 14.3 Å². The average molecular weight is 301 g/mol. The molecule has 0 aromatic rings. The molecule has 0 spiro atoms. The highest BCUT2D eigenvalue weighted by molar-refractivity contribution is 5.69. The van der Waals surface area contributed by atoms with E-state index in [1.165, 1.54) is 19.3 Å². The van der Waals surface area contributed by atoms with Crippen LogP contribution < -0.4 is 5.32 Å². The van der Waals surface area contributed by atoms with Gasteiger partial charge < -0.3 is 19.9 Å². The van der Waals surface area contributed by atoms with Crippen molar-refractivity contribution in [2.24, 2.45) is 5.92 Å². The van der Waals surface area contributed by atoms with Crippen molar-refractivity contribution in [3.8, 4) is 0 Å². The smallest absolute Gasteiger partial charge is 0.305 e. The fourth-order valence-corrected chi connectivity index (χ4v) is 2.68. The monoisotopic (exact) mass is 301 g/mol. The number of nitrogens with one attached hydrogen (secondary N) is 1. The molecule has 3 unspecified atom stereocenters. The summed E-state index contributed by atoms with van der Waals surface area (Å²) in [5.74, 6) is 0.443. The van der Waals surface area contributed by atoms with Crippen molar-refractivity contribution in [1.82, 2.24) is 5.32 Å². The van der Waals surface area contributed by atoms with E-state index in [2.05, 4.69) is 12.2 Å². The van der Waals surface area contributed by atoms with Crippen LogP contribution in [0.2, 0.25) is 0 Å². The molecular formula is C16H31NO4. The van der Waals surface area contributed by atoms with Crippen LogP contribution in [0.5, 0.6) is 0 Å². The number of aliphatic hydroxyl groups excluding tert-OH is 1. The van der Waals surface area contributed by atoms with E-state index >= 15 is 0 Å². The summed E-state index contributed by atoms with van der Waals surface area (Å²) in [6.45, 7) is 6.06. The van der Waals surface area contributed by atoms with Crippen LogP contribution in [-0.4, -0.2) is 49.6 Å². The lowest BCUT2D eigenvalue weighted by atomic mass is 9.88. The van der Waals surface area contributed by atoms with E-state index in [0.717, 1.165) is 12.8 Å². The van der Waals surface area contributed by atoms with E-state index in [4.69, 9.17) is 9.47 Å². The first-order valence-electron chi connectivity index (χ1n) is 8.29. The lowest BCUT2D eigenvalue weighted by molar-refractivity contribution is -0.143. The summed E-state index contributed by atoms with van der Waals surface area (Å²) in [4.78, 5) is 11.1. The molecule has 0 aliphatic heterocycles. The van der Waals surface area contributed by atoms with E-state index < -0.39 is 6.10 Å². The molecule has 0 aromatic carbocycles. The number of aliphatic hydroxyl groups is 1. The normalized spacial score (nSPS) is 23.8. The topological polar surface area (TPSA) is 67.8 Å². The van der Waals surface area contributed by atoms with E-state index in [-0.39, 0.29) is 5.97 Å². The van der Waals surface area contributed by atoms with Gasteiger partial charge in [-0.15, -0.1) is 0 Å². The van der Waals surface area contributed by atoms with Gasteiger partial charge in [-0.05, 0) is 38.6 Å². The maximum Gasteiger partial charge on any atom is 0.305 e. The van der Waals surface area contributed by atoms with Crippen molar-refractivity contribution >= 4 is 5.97 Å². The number of ether oxygens (including phenoxy) is 2. The van der Waals surface area contributed by atoms with Gasteiger partial charge in [0.1, 0.15) is 0 Å². The summed E-state index contributed by atoms with van der Waals surface area (Å²) in [5, 5.41) is 13.0. The summed E-state index contributed by atoms with van der Waals surface area (Å²) in [7, 11) is 0. The fourth-order valence-electron chi connectivity index (χ4n) is 2.68. The highest BCUT2D eigenvalue weighted by Gasteiger charge is 2.22. The van der Waals surface area contributed by atoms with Gasteiger partial charge in [0.2, 0.25) is 0 Å². The minimum absolute atomic E-state index is 0.158. The Hall–Kier alpha value is -0.650. The van der Waals surface area contributed by atoms with Crippen molar-refractivity contribution in [3.63, 3.8) is 0 Å². The first-order valence-corrected chi connectivity index (χ1v) is 8.29. The molecule has 5 heteroatoms. The SMILES string of the molecule is CCOC(=O)CCCNCC(O)COC1CCCCC1C. The maximum absolute atomic E-state index is 11.1. The lowest BCUT2D eigenvalue weighted by Crippen LogP contribution is -2.34. The molecule has 124 valence electrons. The zero-order valence-electron chi connectivity index (χ0n) is 13.5. The van der Waals surface area contributed by atoms with Crippen LogP contribution in [0.1, 0.15) is 52.4 Å². The Balaban J connectivity index is 1.98. The molecule has 5 nitrogen and oxygen atoms in total. The second kappa shape index (κ2) is 11.0. The van der Waals surface area contributed by atoms with Crippen molar-refractivity contribution in [2.45, 2.75) is 64.6 Å². The Morgan fingerprint density at radius 2 is 2.14 bits per heavy atom. The molecule has 0 bridgehead atoms. The van der Waals surface area contributed by atoms with Gasteiger partial charge in [0.05, 0.1) is 25.4 Å². The van der Waals surface area contributed by atoms with Crippen molar-refractivity contribution in [1.29, 1.82) is 0 Å². The average Bonchev–Trinajstić information content (AvgIpc) is 2.46. The summed E-state index contributed by atoms with van der Waals surface area (Å²) in [6, 6.07) is 0. The fraction of sp³-hybridized carbons (Fsp3) is 0.938. The quantitative estimate of drug-likeness (QED) is 0.476. The molecule has 0 heterocycles. The Bertz CT molecular complexity index is 285. The molecule has 1 rings (SSSR count). The van der Waals surface area contributed by atoms with Crippen LogP contribution in [0.4, 0.5) is 0 Å². The molecule has 1 saturated carbocycles. The molecule has 1 aliphatic carbocycles. The van der Waals surface area contributed by atoms with E-state index in [1.54, 1.807) is 6.92 Å². The van der Waals surface area contributed by atoms with E-state index in [0.29, 0.717) is 44.7 Å². The standard InChI is InChI=1S/C16H31NO4/c1-3-20-16(19)9-6-10-17-11-14(18)12-21-15-8-5-4-7-13(15)2/h13-15,17-18H,3-12H2,1-2H3. The first-order chi connectivity index (χ1) is 10.1. The lowest BCUT2D eigenvalue weighted by Gasteiger charge is -2.29. The van der Waals surface area contributed by atoms with Crippen molar-refractivity contribution in [2.75, 3.05) is 26.3 Å². The number of hydrogen-bond donors (Lipinski definition) is 2. The summed E-state index contributed by atoms with van der Waals surface area (Å²) in [6.07, 6.45) is 5.84. The van der Waals surface area contributed by atoms with E-state index in [9.17, 15) is 9.90 Å². The Labute approximate surface area is 128 Å². The molecule has 0 amide bonds. The molecule has 1 aliphatic rings. The first kappa shape index (κ1) is 18.4. The van der Waals surface area contributed by atoms with Gasteiger partial charge in [0.15, 0.2) is 0 Å². The third-order valence-electron chi connectivity index (χ3n) is 3.96. The molecule has 3 atom stereocenters. The van der Waals surface area contributed by atoms with Crippen LogP contribution in [0, 0.1) is 5.92 Å². The van der Waals surface area contributed by atoms with Crippen molar-refractivity contribution < 1.29 is 19.4 Å². The summed E-state index contributed by atoms with van der Waals surface area (Å²) in [5.41, 5.74) is 0. The number of carbonyl (C=O) groups is 1. The molecule has 1 fully saturated rings. The molecule has 0 radical (unpaired) electrons. The highest BCUT2D eigenvalue weighted by Crippen LogP contribution is 2.26. The number of esters is 1. The Kier molecular flexibility index (Phi) is 9.63. The molecule has 21 heavy (non-hydrogen) atoms. The second-order valence-corrected chi connectivity index (χ2v) is 5.90. The zero-order chi connectivity index (χ0) is 15.5. The van der Waals surface area contributed by atoms with Gasteiger partial charge in [0, 0.05) is 13.0 Å². The maximum atomic E-state index is 11.1. The van der Waals surface area contributed by atoms with Crippen LogP contribution in [0.3, 0.4) is 0 Å². The summed E-state index contributed by atoms with van der Waals surface area (Å²) >= 11 is 0. The van der Waals surface area contributed by atoms with E-state index in [1.807, 2.05) is 0 Å². The van der Waals surface area contributed by atoms with Gasteiger partial charge in [0.25, 0.3) is 0 Å². The van der Waals surface area contributed by atoms with Gasteiger partial charge in [-0.2, -0.15) is 0 Å². The molecular weight excluding hydrogens is 270 g/mol. The van der Waals surface area contributed by atoms with Crippen LogP contribution in [0.15, 0.2) is 0 Å². The van der Waals surface area contributed by atoms with Crippen LogP contribution in [0.25, 0.3) is 0 Å². The number of hydrogen-bond acceptors (Lipinski definition) is 5. The molecule has 0 aromatic heterocycles. The Morgan fingerprint density at radius 3 is 2.86 bits per heavy atom. The number of rotatable bonds is 10. The molecule has 2 N–H and O–H groups in total. The van der Waals surface area contributed by atoms with Crippen LogP contribution >= 0.6 is 0 Å². The Morgan fingerprint density at radius 1 is 1.38 bits per heavy atom. The van der Waals surface area contributed by atoms with Gasteiger partial charge in [-0.25, -0.2) is 0 Å². The third-order valence-corrected chi connectivity index (χ3v) is 3.96.